The van der Waals surface area contributed by atoms with Crippen LogP contribution in [0, 0.1) is 0 Å². The van der Waals surface area contributed by atoms with Crippen LogP contribution in [0.1, 0.15) is 0 Å². The zero-order valence-electron chi connectivity index (χ0n) is 6.82. The van der Waals surface area contributed by atoms with Gasteiger partial charge >= 0.3 is 18.5 Å². The fourth-order valence-corrected chi connectivity index (χ4v) is 0.464. The van der Waals surface area contributed by atoms with E-state index >= 15 is 0 Å². The Labute approximate surface area is 78.4 Å². The van der Waals surface area contributed by atoms with Gasteiger partial charge in [-0.25, -0.2) is 9.13 Å². The molecule has 0 bridgehead atoms. The first-order valence-corrected chi connectivity index (χ1v) is 3.28. The van der Waals surface area contributed by atoms with Crippen molar-refractivity contribution in [3.63, 3.8) is 0 Å². The summed E-state index contributed by atoms with van der Waals surface area (Å²) in [4.78, 5) is 0. The van der Waals surface area contributed by atoms with E-state index in [1.165, 1.54) is 0 Å². The van der Waals surface area contributed by atoms with Gasteiger partial charge < -0.3 is 9.84 Å². The van der Waals surface area contributed by atoms with Gasteiger partial charge in [-0.05, 0) is 0 Å². The van der Waals surface area contributed by atoms with Crippen LogP contribution in [0.4, 0.5) is 30.7 Å². The molecule has 0 fully saturated rings. The largest absolute Gasteiger partial charge is 0.487 e. The highest BCUT2D eigenvalue weighted by Gasteiger charge is 2.64. The molecule has 92 valence electrons. The molecule has 0 atom stereocenters. The Morgan fingerprint density at radius 3 is 1.73 bits per heavy atom. The van der Waals surface area contributed by atoms with Gasteiger partial charge in [-0.15, -0.1) is 8.78 Å². The molecule has 0 aliphatic heterocycles. The summed E-state index contributed by atoms with van der Waals surface area (Å²) in [6.07, 6.45) is -16.7. The number of rotatable bonds is 6. The van der Waals surface area contributed by atoms with Crippen LogP contribution >= 0.6 is 0 Å². The Morgan fingerprint density at radius 2 is 1.40 bits per heavy atom. The lowest BCUT2D eigenvalue weighted by atomic mass is 10.5. The first kappa shape index (κ1) is 14.4. The maximum absolute atomic E-state index is 12.2. The standard InChI is InChI=1S/C5H5F7O3/c6-1-2-14-3(7,8)4(9,10)15-5(11,12)13/h13H,1-2H2. The summed E-state index contributed by atoms with van der Waals surface area (Å²) in [6, 6.07) is 0. The first-order chi connectivity index (χ1) is 6.52. The molecule has 0 aliphatic carbocycles. The van der Waals surface area contributed by atoms with Gasteiger partial charge in [0.15, 0.2) is 0 Å². The van der Waals surface area contributed by atoms with Crippen LogP contribution in [-0.2, 0) is 9.47 Å². The molecule has 0 saturated heterocycles. The fourth-order valence-electron chi connectivity index (χ4n) is 0.464. The molecule has 1 N–H and O–H groups in total. The molecule has 0 aromatic carbocycles. The second kappa shape index (κ2) is 4.49. The summed E-state index contributed by atoms with van der Waals surface area (Å²) in [5.41, 5.74) is 0. The fraction of sp³-hybridized carbons (Fsp3) is 1.00. The van der Waals surface area contributed by atoms with E-state index in [0.29, 0.717) is 0 Å². The van der Waals surface area contributed by atoms with Crippen molar-refractivity contribution in [2.75, 3.05) is 13.3 Å². The Hall–Kier alpha value is -0.610. The summed E-state index contributed by atoms with van der Waals surface area (Å²) in [5.74, 6) is 0. The average molecular weight is 246 g/mol. The van der Waals surface area contributed by atoms with Gasteiger partial charge in [0, 0.05) is 0 Å². The number of halogens is 7. The van der Waals surface area contributed by atoms with Crippen LogP contribution in [0.2, 0.25) is 0 Å². The van der Waals surface area contributed by atoms with Crippen molar-refractivity contribution in [2.24, 2.45) is 0 Å². The van der Waals surface area contributed by atoms with Crippen LogP contribution in [0.3, 0.4) is 0 Å². The lowest BCUT2D eigenvalue weighted by Crippen LogP contribution is -2.49. The molecule has 0 aromatic rings. The van der Waals surface area contributed by atoms with Crippen molar-refractivity contribution in [3.8, 4) is 0 Å². The molecular weight excluding hydrogens is 241 g/mol. The minimum atomic E-state index is -5.79. The van der Waals surface area contributed by atoms with E-state index in [9.17, 15) is 30.7 Å². The molecule has 3 nitrogen and oxygen atoms in total. The van der Waals surface area contributed by atoms with Crippen LogP contribution in [0.15, 0.2) is 0 Å². The Balaban J connectivity index is 4.54. The molecule has 0 amide bonds. The van der Waals surface area contributed by atoms with Gasteiger partial charge in [-0.2, -0.15) is 17.6 Å². The van der Waals surface area contributed by atoms with Gasteiger partial charge in [0.2, 0.25) is 0 Å². The highest BCUT2D eigenvalue weighted by molar-refractivity contribution is 4.67. The zero-order valence-corrected chi connectivity index (χ0v) is 6.82. The highest BCUT2D eigenvalue weighted by atomic mass is 19.3. The predicted octanol–water partition coefficient (Wildman–Crippen LogP) is 1.72. The van der Waals surface area contributed by atoms with Crippen LogP contribution in [-0.4, -0.2) is 36.9 Å². The average Bonchev–Trinajstić information content (AvgIpc) is 1.96. The molecule has 0 rings (SSSR count). The SMILES string of the molecule is OC(F)(F)OC(F)(F)C(F)(F)OCCF. The number of alkyl halides is 7. The third kappa shape index (κ3) is 4.62. The Bertz CT molecular complexity index is 201. The summed E-state index contributed by atoms with van der Waals surface area (Å²) in [6.45, 7) is -2.97. The minimum absolute atomic E-state index is 1.44. The van der Waals surface area contributed by atoms with Crippen molar-refractivity contribution in [3.05, 3.63) is 0 Å². The van der Waals surface area contributed by atoms with E-state index in [0.717, 1.165) is 0 Å². The maximum atomic E-state index is 12.2. The molecule has 10 heteroatoms. The van der Waals surface area contributed by atoms with Crippen molar-refractivity contribution >= 4 is 0 Å². The summed E-state index contributed by atoms with van der Waals surface area (Å²) in [5, 5.41) is 7.44. The molecule has 15 heavy (non-hydrogen) atoms. The maximum Gasteiger partial charge on any atom is 0.487 e. The third-order valence-electron chi connectivity index (χ3n) is 0.950. The van der Waals surface area contributed by atoms with E-state index in [4.69, 9.17) is 5.11 Å². The van der Waals surface area contributed by atoms with Crippen molar-refractivity contribution in [1.29, 1.82) is 0 Å². The minimum Gasteiger partial charge on any atom is -0.311 e. The highest BCUT2D eigenvalue weighted by Crippen LogP contribution is 2.39. The topological polar surface area (TPSA) is 38.7 Å². The van der Waals surface area contributed by atoms with Crippen LogP contribution in [0.25, 0.3) is 0 Å². The Morgan fingerprint density at radius 1 is 0.933 bits per heavy atom. The van der Waals surface area contributed by atoms with E-state index < -0.39 is 31.8 Å². The number of hydrogen-bond donors (Lipinski definition) is 1. The van der Waals surface area contributed by atoms with Gasteiger partial charge in [0.1, 0.15) is 6.67 Å². The van der Waals surface area contributed by atoms with Crippen molar-refractivity contribution < 1.29 is 45.3 Å². The van der Waals surface area contributed by atoms with Crippen molar-refractivity contribution in [1.82, 2.24) is 0 Å². The second-order valence-electron chi connectivity index (χ2n) is 2.16. The summed E-state index contributed by atoms with van der Waals surface area (Å²) >= 11 is 0. The van der Waals surface area contributed by atoms with Gasteiger partial charge in [-0.3, -0.25) is 0 Å². The molecule has 0 aliphatic rings. The third-order valence-corrected chi connectivity index (χ3v) is 0.950. The predicted molar refractivity (Wildman–Crippen MR) is 30.1 cm³/mol. The molecule has 0 unspecified atom stereocenters. The number of ether oxygens (including phenoxy) is 2. The van der Waals surface area contributed by atoms with Gasteiger partial charge in [-0.1, -0.05) is 0 Å². The molecule has 0 radical (unpaired) electrons. The summed E-state index contributed by atoms with van der Waals surface area (Å²) < 4.78 is 88.0. The first-order valence-electron chi connectivity index (χ1n) is 3.28. The molecule has 0 spiro atoms. The lowest BCUT2D eigenvalue weighted by molar-refractivity contribution is -0.519. The quantitative estimate of drug-likeness (QED) is 0.572. The van der Waals surface area contributed by atoms with Gasteiger partial charge in [0.25, 0.3) is 0 Å². The molecule has 0 heterocycles. The molecular formula is C5H5F7O3. The normalized spacial score (nSPS) is 14.4. The van der Waals surface area contributed by atoms with Crippen molar-refractivity contribution in [2.45, 2.75) is 18.5 Å². The Kier molecular flexibility index (Phi) is 4.31. The smallest absolute Gasteiger partial charge is 0.311 e. The van der Waals surface area contributed by atoms with Crippen LogP contribution in [0.5, 0.6) is 0 Å². The van der Waals surface area contributed by atoms with E-state index in [2.05, 4.69) is 9.47 Å². The van der Waals surface area contributed by atoms with E-state index in [1.807, 2.05) is 0 Å². The monoisotopic (exact) mass is 246 g/mol. The second-order valence-corrected chi connectivity index (χ2v) is 2.16. The summed E-state index contributed by atoms with van der Waals surface area (Å²) in [7, 11) is 0. The molecule has 0 saturated carbocycles. The number of hydrogen-bond acceptors (Lipinski definition) is 3. The lowest BCUT2D eigenvalue weighted by Gasteiger charge is -2.26. The zero-order chi connectivity index (χ0) is 12.3. The van der Waals surface area contributed by atoms with Crippen LogP contribution < -0.4 is 0 Å². The van der Waals surface area contributed by atoms with Gasteiger partial charge in [0.05, 0.1) is 6.61 Å². The number of aliphatic hydroxyl groups is 1. The van der Waals surface area contributed by atoms with E-state index in [1.54, 1.807) is 0 Å². The molecule has 0 aromatic heterocycles. The van der Waals surface area contributed by atoms with E-state index in [-0.39, 0.29) is 0 Å².